The van der Waals surface area contributed by atoms with E-state index in [0.29, 0.717) is 12.2 Å². The normalized spacial score (nSPS) is 11.6. The van der Waals surface area contributed by atoms with E-state index in [4.69, 9.17) is 0 Å². The molecule has 0 aliphatic carbocycles. The quantitative estimate of drug-likeness (QED) is 0.775. The molecule has 3 rings (SSSR count). The molecule has 2 aromatic heterocycles. The number of amides is 1. The van der Waals surface area contributed by atoms with E-state index in [1.807, 2.05) is 36.4 Å². The highest BCUT2D eigenvalue weighted by atomic mass is 16.1. The first-order valence-electron chi connectivity index (χ1n) is 8.12. The second kappa shape index (κ2) is 6.43. The van der Waals surface area contributed by atoms with Gasteiger partial charge in [0.2, 0.25) is 0 Å². The van der Waals surface area contributed by atoms with Crippen molar-refractivity contribution >= 4 is 16.8 Å². The first-order valence-corrected chi connectivity index (χ1v) is 8.12. The highest BCUT2D eigenvalue weighted by Gasteiger charge is 2.19. The number of aromatic amines is 1. The lowest BCUT2D eigenvalue weighted by molar-refractivity contribution is 0.0949. The summed E-state index contributed by atoms with van der Waals surface area (Å²) < 4.78 is 0. The molecule has 0 aliphatic heterocycles. The molecule has 5 heteroatoms. The van der Waals surface area contributed by atoms with Crippen LogP contribution >= 0.6 is 0 Å². The summed E-state index contributed by atoms with van der Waals surface area (Å²) in [5.41, 5.74) is 3.44. The maximum absolute atomic E-state index is 12.2. The van der Waals surface area contributed by atoms with Crippen LogP contribution in [0.1, 0.15) is 42.5 Å². The minimum atomic E-state index is -0.157. The van der Waals surface area contributed by atoms with Crippen LogP contribution in [0.5, 0.6) is 0 Å². The maximum Gasteiger partial charge on any atom is 0.271 e. The van der Waals surface area contributed by atoms with Gasteiger partial charge >= 0.3 is 0 Å². The molecule has 0 fully saturated rings. The number of para-hydroxylation sites is 1. The number of nitrogens with one attached hydrogen (secondary N) is 2. The van der Waals surface area contributed by atoms with Gasteiger partial charge < -0.3 is 5.32 Å². The van der Waals surface area contributed by atoms with Gasteiger partial charge in [0.1, 0.15) is 5.69 Å². The number of H-pyrrole nitrogens is 1. The molecule has 0 aliphatic rings. The fraction of sp³-hybridized carbons (Fsp3) is 0.316. The molecule has 0 bridgehead atoms. The Morgan fingerprint density at radius 2 is 2.00 bits per heavy atom. The van der Waals surface area contributed by atoms with Gasteiger partial charge in [-0.1, -0.05) is 45.0 Å². The molecular formula is C19H22N4O. The molecular weight excluding hydrogens is 300 g/mol. The molecule has 0 saturated heterocycles. The van der Waals surface area contributed by atoms with E-state index in [0.717, 1.165) is 28.6 Å². The first kappa shape index (κ1) is 16.2. The molecule has 24 heavy (non-hydrogen) atoms. The number of carbonyl (C=O) groups excluding carboxylic acids is 1. The standard InChI is InChI=1S/C19H22N4O/c1-19(2,3)16-12-15(22-23-16)18(24)21-11-9-14-7-4-6-13-8-5-10-20-17(13)14/h4-8,10,12H,9,11H2,1-3H3,(H,21,24)(H,22,23). The number of pyridine rings is 1. The summed E-state index contributed by atoms with van der Waals surface area (Å²) in [6, 6.07) is 11.9. The van der Waals surface area contributed by atoms with Crippen LogP contribution in [0.4, 0.5) is 0 Å². The highest BCUT2D eigenvalue weighted by molar-refractivity contribution is 5.92. The van der Waals surface area contributed by atoms with Gasteiger partial charge in [-0.15, -0.1) is 0 Å². The van der Waals surface area contributed by atoms with Gasteiger partial charge in [0.25, 0.3) is 5.91 Å². The monoisotopic (exact) mass is 322 g/mol. The largest absolute Gasteiger partial charge is 0.350 e. The Labute approximate surface area is 141 Å². The number of rotatable bonds is 4. The topological polar surface area (TPSA) is 70.7 Å². The number of aromatic nitrogens is 3. The molecule has 0 unspecified atom stereocenters. The number of benzene rings is 1. The molecule has 1 amide bonds. The van der Waals surface area contributed by atoms with Crippen LogP contribution in [-0.4, -0.2) is 27.6 Å². The van der Waals surface area contributed by atoms with Gasteiger partial charge in [-0.25, -0.2) is 0 Å². The summed E-state index contributed by atoms with van der Waals surface area (Å²) in [4.78, 5) is 16.7. The first-order chi connectivity index (χ1) is 11.4. The summed E-state index contributed by atoms with van der Waals surface area (Å²) in [6.07, 6.45) is 2.53. The van der Waals surface area contributed by atoms with E-state index >= 15 is 0 Å². The molecule has 1 aromatic carbocycles. The van der Waals surface area contributed by atoms with Crippen molar-refractivity contribution in [3.05, 3.63) is 59.5 Å². The van der Waals surface area contributed by atoms with Crippen LogP contribution in [0.25, 0.3) is 10.9 Å². The summed E-state index contributed by atoms with van der Waals surface area (Å²) >= 11 is 0. The third-order valence-electron chi connectivity index (χ3n) is 4.01. The zero-order valence-corrected chi connectivity index (χ0v) is 14.3. The number of hydrogen-bond acceptors (Lipinski definition) is 3. The van der Waals surface area contributed by atoms with Crippen LogP contribution in [0.2, 0.25) is 0 Å². The zero-order chi connectivity index (χ0) is 17.2. The number of carbonyl (C=O) groups is 1. The van der Waals surface area contributed by atoms with Crippen LogP contribution < -0.4 is 5.32 Å². The second-order valence-electron chi connectivity index (χ2n) is 6.92. The zero-order valence-electron chi connectivity index (χ0n) is 14.3. The van der Waals surface area contributed by atoms with E-state index in [9.17, 15) is 4.79 Å². The van der Waals surface area contributed by atoms with E-state index in [2.05, 4.69) is 41.3 Å². The van der Waals surface area contributed by atoms with Crippen molar-refractivity contribution in [3.63, 3.8) is 0 Å². The summed E-state index contributed by atoms with van der Waals surface area (Å²) in [5.74, 6) is -0.157. The van der Waals surface area contributed by atoms with Crippen LogP contribution in [0, 0.1) is 0 Å². The predicted octanol–water partition coefficient (Wildman–Crippen LogP) is 3.23. The third kappa shape index (κ3) is 3.45. The van der Waals surface area contributed by atoms with E-state index < -0.39 is 0 Å². The Bertz CT molecular complexity index is 856. The Hall–Kier alpha value is -2.69. The summed E-state index contributed by atoms with van der Waals surface area (Å²) in [6.45, 7) is 6.79. The Kier molecular flexibility index (Phi) is 4.34. The molecule has 0 atom stereocenters. The molecule has 0 saturated carbocycles. The average Bonchev–Trinajstić information content (AvgIpc) is 3.05. The van der Waals surface area contributed by atoms with Gasteiger partial charge in [-0.3, -0.25) is 14.9 Å². The lowest BCUT2D eigenvalue weighted by Crippen LogP contribution is -2.26. The Morgan fingerprint density at radius 3 is 2.75 bits per heavy atom. The van der Waals surface area contributed by atoms with Gasteiger partial charge in [0, 0.05) is 29.2 Å². The van der Waals surface area contributed by atoms with Crippen LogP contribution in [0.15, 0.2) is 42.6 Å². The molecule has 0 spiro atoms. The SMILES string of the molecule is CC(C)(C)c1cc(C(=O)NCCc2cccc3cccnc23)n[nH]1. The molecule has 124 valence electrons. The van der Waals surface area contributed by atoms with E-state index in [1.54, 1.807) is 6.20 Å². The van der Waals surface area contributed by atoms with Crippen molar-refractivity contribution in [2.45, 2.75) is 32.6 Å². The average molecular weight is 322 g/mol. The van der Waals surface area contributed by atoms with Crippen molar-refractivity contribution in [1.29, 1.82) is 0 Å². The van der Waals surface area contributed by atoms with Crippen molar-refractivity contribution in [2.24, 2.45) is 0 Å². The third-order valence-corrected chi connectivity index (χ3v) is 4.01. The van der Waals surface area contributed by atoms with Crippen molar-refractivity contribution in [1.82, 2.24) is 20.5 Å². The molecule has 2 N–H and O–H groups in total. The fourth-order valence-corrected chi connectivity index (χ4v) is 2.59. The molecule has 5 nitrogen and oxygen atoms in total. The number of fused-ring (bicyclic) bond motifs is 1. The predicted molar refractivity (Wildman–Crippen MR) is 95.1 cm³/mol. The molecule has 3 aromatic rings. The van der Waals surface area contributed by atoms with E-state index in [1.165, 1.54) is 0 Å². The summed E-state index contributed by atoms with van der Waals surface area (Å²) in [7, 11) is 0. The highest BCUT2D eigenvalue weighted by Crippen LogP contribution is 2.20. The summed E-state index contributed by atoms with van der Waals surface area (Å²) in [5, 5.41) is 11.1. The van der Waals surface area contributed by atoms with Gasteiger partial charge in [0.15, 0.2) is 0 Å². The maximum atomic E-state index is 12.2. The lowest BCUT2D eigenvalue weighted by atomic mass is 9.92. The Balaban J connectivity index is 1.63. The smallest absolute Gasteiger partial charge is 0.271 e. The Morgan fingerprint density at radius 1 is 1.21 bits per heavy atom. The molecule has 2 heterocycles. The van der Waals surface area contributed by atoms with Crippen molar-refractivity contribution in [2.75, 3.05) is 6.54 Å². The minimum absolute atomic E-state index is 0.0554. The van der Waals surface area contributed by atoms with Crippen molar-refractivity contribution in [3.8, 4) is 0 Å². The lowest BCUT2D eigenvalue weighted by Gasteiger charge is -2.14. The number of hydrogen-bond donors (Lipinski definition) is 2. The van der Waals surface area contributed by atoms with Gasteiger partial charge in [0.05, 0.1) is 5.52 Å². The van der Waals surface area contributed by atoms with Crippen LogP contribution in [-0.2, 0) is 11.8 Å². The van der Waals surface area contributed by atoms with Crippen molar-refractivity contribution < 1.29 is 4.79 Å². The minimum Gasteiger partial charge on any atom is -0.350 e. The van der Waals surface area contributed by atoms with Crippen LogP contribution in [0.3, 0.4) is 0 Å². The fourth-order valence-electron chi connectivity index (χ4n) is 2.59. The molecule has 0 radical (unpaired) electrons. The second-order valence-corrected chi connectivity index (χ2v) is 6.92. The van der Waals surface area contributed by atoms with E-state index in [-0.39, 0.29) is 11.3 Å². The van der Waals surface area contributed by atoms with Gasteiger partial charge in [-0.05, 0) is 24.1 Å². The van der Waals surface area contributed by atoms with Gasteiger partial charge in [-0.2, -0.15) is 5.10 Å². The number of nitrogens with zero attached hydrogens (tertiary/aromatic N) is 2.